The smallest absolute Gasteiger partial charge is 0.273 e. The van der Waals surface area contributed by atoms with Crippen LogP contribution in [0.2, 0.25) is 0 Å². The third-order valence-electron chi connectivity index (χ3n) is 3.77. The molecule has 136 valence electrons. The molecule has 1 aliphatic heterocycles. The second-order valence-corrected chi connectivity index (χ2v) is 5.40. The summed E-state index contributed by atoms with van der Waals surface area (Å²) in [6.07, 6.45) is 0. The quantitative estimate of drug-likeness (QED) is 0.465. The summed E-state index contributed by atoms with van der Waals surface area (Å²) in [5, 5.41) is 38.3. The van der Waals surface area contributed by atoms with Crippen molar-refractivity contribution in [3.63, 3.8) is 0 Å². The minimum atomic E-state index is -0.614. The second kappa shape index (κ2) is 8.62. The van der Waals surface area contributed by atoms with Crippen molar-refractivity contribution in [1.29, 1.82) is 0 Å². The van der Waals surface area contributed by atoms with Crippen molar-refractivity contribution in [2.24, 2.45) is 10.2 Å². The van der Waals surface area contributed by atoms with Crippen molar-refractivity contribution in [2.45, 2.75) is 0 Å². The Hall–Kier alpha value is -2.67. The van der Waals surface area contributed by atoms with Gasteiger partial charge in [-0.05, 0) is 18.2 Å². The number of azo groups is 1. The van der Waals surface area contributed by atoms with Crippen LogP contribution in [0.5, 0.6) is 11.5 Å². The maximum absolute atomic E-state index is 10.6. The second-order valence-electron chi connectivity index (χ2n) is 5.40. The van der Waals surface area contributed by atoms with Gasteiger partial charge in [0.2, 0.25) is 0 Å². The fourth-order valence-corrected chi connectivity index (χ4v) is 2.43. The first-order valence-corrected chi connectivity index (χ1v) is 7.59. The van der Waals surface area contributed by atoms with Crippen LogP contribution in [0.1, 0.15) is 0 Å². The number of aromatic hydroxyl groups is 2. The van der Waals surface area contributed by atoms with Gasteiger partial charge in [0.1, 0.15) is 22.9 Å². The number of anilines is 1. The van der Waals surface area contributed by atoms with Crippen LogP contribution in [0.3, 0.4) is 0 Å². The van der Waals surface area contributed by atoms with E-state index in [0.29, 0.717) is 13.2 Å². The molecule has 0 spiro atoms. The number of non-ortho nitro benzene ring substituents is 1. The summed E-state index contributed by atoms with van der Waals surface area (Å²) in [4.78, 5) is 12.1. The van der Waals surface area contributed by atoms with E-state index in [0.717, 1.165) is 24.8 Å². The van der Waals surface area contributed by atoms with Gasteiger partial charge in [0.05, 0.1) is 24.2 Å². The molecule has 9 nitrogen and oxygen atoms in total. The van der Waals surface area contributed by atoms with E-state index in [1.165, 1.54) is 12.1 Å². The molecule has 0 amide bonds. The van der Waals surface area contributed by atoms with Crippen LogP contribution in [0.25, 0.3) is 0 Å². The fraction of sp³-hybridized carbons (Fsp3) is 0.250. The van der Waals surface area contributed by atoms with Crippen LogP contribution in [0.15, 0.2) is 46.6 Å². The van der Waals surface area contributed by atoms with Crippen LogP contribution in [0.4, 0.5) is 22.7 Å². The maximum Gasteiger partial charge on any atom is 0.273 e. The molecule has 0 bridgehead atoms. The summed E-state index contributed by atoms with van der Waals surface area (Å²) >= 11 is 0. The van der Waals surface area contributed by atoms with E-state index in [9.17, 15) is 20.3 Å². The number of nitro groups is 1. The Morgan fingerprint density at radius 3 is 2.12 bits per heavy atom. The standard InChI is InChI=1S/C16H16N4O5.Cr/c21-15-9-11(19-5-7-25-8-6-19)1-3-13(15)17-18-14-4-2-12(20(23)24)10-16(14)22;/h1-4,9-10,21-22H,5-8H2;. The average Bonchev–Trinajstić information content (AvgIpc) is 2.62. The topological polar surface area (TPSA) is 121 Å². The summed E-state index contributed by atoms with van der Waals surface area (Å²) in [5.41, 5.74) is 0.920. The first-order chi connectivity index (χ1) is 12.0. The largest absolute Gasteiger partial charge is 0.506 e. The third-order valence-corrected chi connectivity index (χ3v) is 3.77. The summed E-state index contributed by atoms with van der Waals surface area (Å²) in [7, 11) is 0. The molecule has 2 N–H and O–H groups in total. The fourth-order valence-electron chi connectivity index (χ4n) is 2.43. The zero-order chi connectivity index (χ0) is 17.8. The van der Waals surface area contributed by atoms with Gasteiger partial charge in [0.15, 0.2) is 0 Å². The third kappa shape index (κ3) is 4.49. The Bertz CT molecular complexity index is 824. The van der Waals surface area contributed by atoms with Crippen molar-refractivity contribution in [3.05, 3.63) is 46.5 Å². The van der Waals surface area contributed by atoms with Crippen molar-refractivity contribution in [3.8, 4) is 11.5 Å². The molecule has 0 atom stereocenters. The summed E-state index contributed by atoms with van der Waals surface area (Å²) in [6, 6.07) is 8.53. The van der Waals surface area contributed by atoms with E-state index in [1.54, 1.807) is 12.1 Å². The minimum absolute atomic E-state index is 0. The molecule has 1 aliphatic rings. The van der Waals surface area contributed by atoms with E-state index < -0.39 is 4.92 Å². The number of morpholine rings is 1. The van der Waals surface area contributed by atoms with Gasteiger partial charge in [0, 0.05) is 48.3 Å². The number of phenols is 2. The molecule has 1 fully saturated rings. The first kappa shape index (κ1) is 19.7. The van der Waals surface area contributed by atoms with Crippen LogP contribution < -0.4 is 4.90 Å². The van der Waals surface area contributed by atoms with Gasteiger partial charge in [-0.25, -0.2) is 0 Å². The molecule has 10 heteroatoms. The Kier molecular flexibility index (Phi) is 6.52. The molecule has 1 heterocycles. The van der Waals surface area contributed by atoms with Crippen LogP contribution >= 0.6 is 0 Å². The predicted molar refractivity (Wildman–Crippen MR) is 90.1 cm³/mol. The SMILES string of the molecule is O=[N+]([O-])c1ccc(N=Nc2ccc(N3CCOCC3)cc2O)c(O)c1.[Cr]. The number of benzene rings is 2. The number of ether oxygens (including phenoxy) is 1. The molecule has 2 aromatic carbocycles. The number of hydrogen-bond donors (Lipinski definition) is 2. The predicted octanol–water partition coefficient (Wildman–Crippen LogP) is 3.26. The first-order valence-electron chi connectivity index (χ1n) is 7.59. The Morgan fingerprint density at radius 1 is 1.00 bits per heavy atom. The normalized spacial score (nSPS) is 14.2. The summed E-state index contributed by atoms with van der Waals surface area (Å²) in [6.45, 7) is 2.78. The molecule has 1 saturated heterocycles. The van der Waals surface area contributed by atoms with Crippen molar-refractivity contribution in [1.82, 2.24) is 0 Å². The summed E-state index contributed by atoms with van der Waals surface area (Å²) in [5.74, 6) is -0.406. The maximum atomic E-state index is 10.6. The Morgan fingerprint density at radius 2 is 1.58 bits per heavy atom. The van der Waals surface area contributed by atoms with Gasteiger partial charge in [0.25, 0.3) is 5.69 Å². The molecule has 0 unspecified atom stereocenters. The zero-order valence-electron chi connectivity index (χ0n) is 13.6. The molecule has 0 aliphatic carbocycles. The van der Waals surface area contributed by atoms with Gasteiger partial charge >= 0.3 is 0 Å². The van der Waals surface area contributed by atoms with Crippen molar-refractivity contribution >= 4 is 22.7 Å². The summed E-state index contributed by atoms with van der Waals surface area (Å²) < 4.78 is 5.29. The molecule has 0 saturated carbocycles. The van der Waals surface area contributed by atoms with E-state index in [-0.39, 0.29) is 45.9 Å². The van der Waals surface area contributed by atoms with Gasteiger partial charge in [-0.15, -0.1) is 10.2 Å². The number of hydrogen-bond acceptors (Lipinski definition) is 8. The zero-order valence-corrected chi connectivity index (χ0v) is 14.9. The van der Waals surface area contributed by atoms with Crippen molar-refractivity contribution < 1.29 is 37.2 Å². The molecule has 2 aromatic rings. The van der Waals surface area contributed by atoms with Crippen molar-refractivity contribution in [2.75, 3.05) is 31.2 Å². The van der Waals surface area contributed by atoms with Crippen LogP contribution in [0, 0.1) is 10.1 Å². The molecule has 26 heavy (non-hydrogen) atoms. The van der Waals surface area contributed by atoms with E-state index >= 15 is 0 Å². The van der Waals surface area contributed by atoms with Crippen LogP contribution in [-0.2, 0) is 22.1 Å². The van der Waals surface area contributed by atoms with E-state index in [4.69, 9.17) is 4.74 Å². The molecular weight excluding hydrogens is 380 g/mol. The molecule has 0 aromatic heterocycles. The number of rotatable bonds is 4. The molecule has 0 radical (unpaired) electrons. The number of nitro benzene ring substituents is 1. The van der Waals surface area contributed by atoms with E-state index in [1.807, 2.05) is 6.07 Å². The van der Waals surface area contributed by atoms with Gasteiger partial charge < -0.3 is 19.8 Å². The van der Waals surface area contributed by atoms with Gasteiger partial charge in [-0.2, -0.15) is 0 Å². The Balaban J connectivity index is 0.00000243. The Labute approximate surface area is 159 Å². The van der Waals surface area contributed by atoms with Gasteiger partial charge in [-0.1, -0.05) is 0 Å². The van der Waals surface area contributed by atoms with E-state index in [2.05, 4.69) is 15.1 Å². The minimum Gasteiger partial charge on any atom is -0.506 e. The monoisotopic (exact) mass is 396 g/mol. The van der Waals surface area contributed by atoms with Gasteiger partial charge in [-0.3, -0.25) is 10.1 Å². The number of nitrogens with zero attached hydrogens (tertiary/aromatic N) is 4. The average molecular weight is 396 g/mol. The number of phenolic OH excluding ortho intramolecular Hbond substituents is 2. The van der Waals surface area contributed by atoms with Crippen LogP contribution in [-0.4, -0.2) is 41.4 Å². The molecule has 3 rings (SSSR count). The molecular formula is C16H16CrN4O5.